The van der Waals surface area contributed by atoms with Gasteiger partial charge in [0.25, 0.3) is 17.2 Å². The number of benzene rings is 1. The van der Waals surface area contributed by atoms with Crippen molar-refractivity contribution < 1.29 is 31.8 Å². The highest BCUT2D eigenvalue weighted by Crippen LogP contribution is 2.46. The van der Waals surface area contributed by atoms with Crippen LogP contribution in [-0.4, -0.2) is 57.4 Å². The Hall–Kier alpha value is -3.36. The van der Waals surface area contributed by atoms with Crippen molar-refractivity contribution in [2.24, 2.45) is 0 Å². The maximum absolute atomic E-state index is 15.0. The van der Waals surface area contributed by atoms with Crippen molar-refractivity contribution >= 4 is 24.2 Å². The lowest BCUT2D eigenvalue weighted by molar-refractivity contribution is -0.0247. The fourth-order valence-electron chi connectivity index (χ4n) is 4.10. The van der Waals surface area contributed by atoms with Crippen LogP contribution in [0.3, 0.4) is 0 Å². The smallest absolute Gasteiger partial charge is 0.298 e. The Morgan fingerprint density at radius 3 is 2.18 bits per heavy atom. The summed E-state index contributed by atoms with van der Waals surface area (Å²) in [6.07, 6.45) is 4.06. The van der Waals surface area contributed by atoms with Gasteiger partial charge in [0.05, 0.1) is 26.1 Å². The third kappa shape index (κ3) is 8.42. The predicted octanol–water partition coefficient (Wildman–Crippen LogP) is 7.72. The van der Waals surface area contributed by atoms with Gasteiger partial charge in [0.2, 0.25) is 5.88 Å². The second-order valence-corrected chi connectivity index (χ2v) is 11.3. The predicted molar refractivity (Wildman–Crippen MR) is 169 cm³/mol. The van der Waals surface area contributed by atoms with Crippen molar-refractivity contribution in [2.45, 2.75) is 57.0 Å². The molecule has 0 aliphatic heterocycles. The van der Waals surface area contributed by atoms with E-state index in [4.69, 9.17) is 14.2 Å². The Bertz CT molecular complexity index is 1480. The van der Waals surface area contributed by atoms with Gasteiger partial charge in [-0.2, -0.15) is 22.5 Å². The zero-order valence-corrected chi connectivity index (χ0v) is 27.8. The van der Waals surface area contributed by atoms with E-state index in [9.17, 15) is 17.6 Å². The highest BCUT2D eigenvalue weighted by molar-refractivity contribution is 7.18. The average Bonchev–Trinajstić information content (AvgIpc) is 3.84. The van der Waals surface area contributed by atoms with Gasteiger partial charge in [-0.1, -0.05) is 63.2 Å². The number of hydrogen-bond donors (Lipinski definition) is 0. The highest BCUT2D eigenvalue weighted by Gasteiger charge is 2.39. The van der Waals surface area contributed by atoms with E-state index >= 15 is 0 Å². The third-order valence-electron chi connectivity index (χ3n) is 6.63. The van der Waals surface area contributed by atoms with Gasteiger partial charge in [-0.25, -0.2) is 15.0 Å². The molecule has 2 heterocycles. The minimum absolute atomic E-state index is 0.0430. The molecule has 3 atom stereocenters. The molecular formula is C30H37F4N5O3P2. The molecule has 1 fully saturated rings. The normalized spacial score (nSPS) is 14.2. The van der Waals surface area contributed by atoms with Gasteiger partial charge < -0.3 is 19.1 Å². The van der Waals surface area contributed by atoms with Crippen LogP contribution in [0.15, 0.2) is 55.1 Å². The van der Waals surface area contributed by atoms with Crippen LogP contribution in [-0.2, 0) is 0 Å². The summed E-state index contributed by atoms with van der Waals surface area (Å²) in [5.74, 6) is 0.421. The summed E-state index contributed by atoms with van der Waals surface area (Å²) < 4.78 is 73.6. The molecule has 1 aliphatic rings. The van der Waals surface area contributed by atoms with Crippen LogP contribution < -0.4 is 14.2 Å². The summed E-state index contributed by atoms with van der Waals surface area (Å²) in [5.41, 5.74) is -4.48. The van der Waals surface area contributed by atoms with Crippen molar-refractivity contribution in [1.29, 1.82) is 0 Å². The third-order valence-corrected chi connectivity index (χ3v) is 7.39. The zero-order chi connectivity index (χ0) is 32.8. The van der Waals surface area contributed by atoms with E-state index in [0.717, 1.165) is 12.8 Å². The number of hydrogen-bond acceptors (Lipinski definition) is 8. The lowest BCUT2D eigenvalue weighted by Crippen LogP contribution is -2.25. The minimum Gasteiger partial charge on any atom is -0.490 e. The number of halogens is 4. The summed E-state index contributed by atoms with van der Waals surface area (Å²) in [4.78, 5) is 18.8. The monoisotopic (exact) mass is 653 g/mol. The maximum Gasteiger partial charge on any atom is 0.298 e. The maximum atomic E-state index is 15.0. The van der Waals surface area contributed by atoms with Gasteiger partial charge in [-0.05, 0) is 30.9 Å². The SMILES string of the molecule is C=C(c1ccc(C(Oc2nc(-c3c(OC)ncnc3C3CC3)ncc2OC)C(F)(F)P)cc1)N(C)/C=C(\C)C(F)(F)P.CC. The number of aromatic nitrogens is 4. The molecule has 0 spiro atoms. The lowest BCUT2D eigenvalue weighted by atomic mass is 10.0. The van der Waals surface area contributed by atoms with E-state index in [1.54, 1.807) is 19.2 Å². The fraction of sp³-hybridized carbons (Fsp3) is 0.400. The number of alkyl halides is 4. The molecule has 14 heteroatoms. The number of ether oxygens (including phenoxy) is 3. The minimum atomic E-state index is -3.43. The Balaban J connectivity index is 0.00000259. The van der Waals surface area contributed by atoms with Gasteiger partial charge in [-0.3, -0.25) is 0 Å². The van der Waals surface area contributed by atoms with Crippen molar-refractivity contribution in [1.82, 2.24) is 24.8 Å². The largest absolute Gasteiger partial charge is 0.490 e. The lowest BCUT2D eigenvalue weighted by Gasteiger charge is -2.26. The van der Waals surface area contributed by atoms with Gasteiger partial charge >= 0.3 is 0 Å². The Morgan fingerprint density at radius 1 is 1.02 bits per heavy atom. The molecule has 4 rings (SSSR count). The summed E-state index contributed by atoms with van der Waals surface area (Å²) in [6, 6.07) is 6.01. The average molecular weight is 654 g/mol. The Labute approximate surface area is 259 Å². The van der Waals surface area contributed by atoms with Crippen LogP contribution in [0.25, 0.3) is 17.1 Å². The van der Waals surface area contributed by atoms with Crippen LogP contribution in [0.5, 0.6) is 17.5 Å². The molecule has 0 radical (unpaired) electrons. The molecule has 0 amide bonds. The number of methoxy groups -OCH3 is 2. The van der Waals surface area contributed by atoms with Crippen LogP contribution in [0.2, 0.25) is 0 Å². The van der Waals surface area contributed by atoms with Gasteiger partial charge in [0.1, 0.15) is 11.9 Å². The Morgan fingerprint density at radius 2 is 1.66 bits per heavy atom. The molecule has 0 bridgehead atoms. The zero-order valence-electron chi connectivity index (χ0n) is 25.4. The molecule has 3 aromatic rings. The molecule has 238 valence electrons. The van der Waals surface area contributed by atoms with Crippen LogP contribution in [0, 0.1) is 0 Å². The van der Waals surface area contributed by atoms with Gasteiger partial charge in [0, 0.05) is 30.4 Å². The quantitative estimate of drug-likeness (QED) is 0.145. The number of nitrogens with zero attached hydrogens (tertiary/aromatic N) is 5. The summed E-state index contributed by atoms with van der Waals surface area (Å²) in [7, 11) is 7.35. The first-order chi connectivity index (χ1) is 20.7. The highest BCUT2D eigenvalue weighted by atomic mass is 31.0. The van der Waals surface area contributed by atoms with E-state index in [-0.39, 0.29) is 40.4 Å². The van der Waals surface area contributed by atoms with E-state index in [2.05, 4.69) is 26.5 Å². The summed E-state index contributed by atoms with van der Waals surface area (Å²) in [5, 5.41) is 0. The van der Waals surface area contributed by atoms with Gasteiger partial charge in [0.15, 0.2) is 17.7 Å². The molecule has 2 aromatic heterocycles. The second kappa shape index (κ2) is 14.6. The number of rotatable bonds is 12. The van der Waals surface area contributed by atoms with Crippen LogP contribution >= 0.6 is 18.5 Å². The van der Waals surface area contributed by atoms with E-state index in [1.165, 1.54) is 75.4 Å². The summed E-state index contributed by atoms with van der Waals surface area (Å²) >= 11 is 0. The first kappa shape index (κ1) is 35.1. The van der Waals surface area contributed by atoms with Crippen molar-refractivity contribution in [3.8, 4) is 28.9 Å². The molecule has 1 saturated carbocycles. The van der Waals surface area contributed by atoms with Crippen molar-refractivity contribution in [2.75, 3.05) is 21.3 Å². The second-order valence-electron chi connectivity index (χ2n) is 9.77. The molecule has 0 saturated heterocycles. The van der Waals surface area contributed by atoms with Crippen molar-refractivity contribution in [3.05, 3.63) is 72.0 Å². The molecule has 3 unspecified atom stereocenters. The first-order valence-electron chi connectivity index (χ1n) is 13.8. The molecule has 1 aromatic carbocycles. The molecule has 1 aliphatic carbocycles. The van der Waals surface area contributed by atoms with E-state index < -0.39 is 17.4 Å². The molecule has 44 heavy (non-hydrogen) atoms. The summed E-state index contributed by atoms with van der Waals surface area (Å²) in [6.45, 7) is 9.24. The van der Waals surface area contributed by atoms with E-state index in [1.807, 2.05) is 13.8 Å². The van der Waals surface area contributed by atoms with Crippen LogP contribution in [0.1, 0.15) is 62.5 Å². The van der Waals surface area contributed by atoms with E-state index in [0.29, 0.717) is 22.5 Å². The van der Waals surface area contributed by atoms with Crippen LogP contribution in [0.4, 0.5) is 17.6 Å². The fourth-order valence-corrected chi connectivity index (χ4v) is 4.44. The molecular weight excluding hydrogens is 616 g/mol. The molecule has 0 N–H and O–H groups in total. The Kier molecular flexibility index (Phi) is 11.7. The first-order valence-corrected chi connectivity index (χ1v) is 14.9. The standard InChI is InChI=1S/C28H31F4N5O3P2.C2H6/c1-15(27(29,30)41)13-37(3)16(2)17-6-10-19(11-7-17)23(28(31,32)42)40-25-20(38-4)12-33-24(36-25)21-22(18-8-9-18)34-14-35-26(21)39-5;1-2/h6-7,10-14,18,23H,2,8-9,41-42H2,1,3-5H3;1-2H3/b15-13+;. The molecule has 8 nitrogen and oxygen atoms in total. The van der Waals surface area contributed by atoms with Gasteiger partial charge in [-0.15, -0.1) is 0 Å². The van der Waals surface area contributed by atoms with Crippen molar-refractivity contribution in [3.63, 3.8) is 0 Å². The number of allylic oxidation sites excluding steroid dienone is 1. The topological polar surface area (TPSA) is 82.5 Å².